The van der Waals surface area contributed by atoms with Gasteiger partial charge in [0.1, 0.15) is 6.26 Å². The van der Waals surface area contributed by atoms with Crippen LogP contribution in [0.5, 0.6) is 0 Å². The predicted molar refractivity (Wildman–Crippen MR) is 82.1 cm³/mol. The van der Waals surface area contributed by atoms with E-state index in [2.05, 4.69) is 22.5 Å². The molecule has 0 bridgehead atoms. The molecule has 2 atom stereocenters. The Morgan fingerprint density at radius 3 is 3.29 bits per heavy atom. The summed E-state index contributed by atoms with van der Waals surface area (Å²) in [5, 5.41) is 8.41. The summed E-state index contributed by atoms with van der Waals surface area (Å²) in [6, 6.07) is 4.16. The second-order valence-corrected chi connectivity index (χ2v) is 6.39. The number of nitrogens with one attached hydrogen (secondary N) is 2. The summed E-state index contributed by atoms with van der Waals surface area (Å²) in [7, 11) is 0. The van der Waals surface area contributed by atoms with E-state index in [4.69, 9.17) is 4.42 Å². The van der Waals surface area contributed by atoms with Crippen LogP contribution in [-0.2, 0) is 11.2 Å². The lowest BCUT2D eigenvalue weighted by Gasteiger charge is -2.30. The molecule has 2 unspecified atom stereocenters. The smallest absolute Gasteiger partial charge is 0.236 e. The number of hydrogen-bond acceptors (Lipinski definition) is 5. The van der Waals surface area contributed by atoms with Crippen molar-refractivity contribution in [1.82, 2.24) is 15.6 Å². The average molecular weight is 305 g/mol. The van der Waals surface area contributed by atoms with Gasteiger partial charge >= 0.3 is 0 Å². The molecule has 112 valence electrons. The Morgan fingerprint density at radius 1 is 1.62 bits per heavy atom. The molecule has 1 aliphatic rings. The molecule has 2 aromatic heterocycles. The van der Waals surface area contributed by atoms with Gasteiger partial charge in [-0.1, -0.05) is 13.0 Å². The molecule has 0 aliphatic carbocycles. The zero-order valence-electron chi connectivity index (χ0n) is 12.0. The van der Waals surface area contributed by atoms with Gasteiger partial charge in [-0.25, -0.2) is 4.98 Å². The van der Waals surface area contributed by atoms with Gasteiger partial charge in [0.2, 0.25) is 11.8 Å². The standard InChI is InChI=1S/C15H19N3O2S/c1-10-8-16-5-4-12(10)18-14(19)7-11-9-20-15(17-11)13-3-2-6-21-13/h2-3,6,9-10,12,16H,4-5,7-8H2,1H3,(H,18,19). The lowest BCUT2D eigenvalue weighted by molar-refractivity contribution is -0.121. The van der Waals surface area contributed by atoms with Gasteiger partial charge in [0, 0.05) is 6.04 Å². The molecule has 21 heavy (non-hydrogen) atoms. The molecular weight excluding hydrogens is 286 g/mol. The van der Waals surface area contributed by atoms with Crippen molar-refractivity contribution in [3.63, 3.8) is 0 Å². The summed E-state index contributed by atoms with van der Waals surface area (Å²) in [4.78, 5) is 17.5. The number of hydrogen-bond donors (Lipinski definition) is 2. The number of carbonyl (C=O) groups is 1. The molecule has 3 rings (SSSR count). The third kappa shape index (κ3) is 3.51. The lowest BCUT2D eigenvalue weighted by atomic mass is 9.95. The van der Waals surface area contributed by atoms with Gasteiger partial charge in [-0.3, -0.25) is 4.79 Å². The quantitative estimate of drug-likeness (QED) is 0.907. The van der Waals surface area contributed by atoms with Crippen molar-refractivity contribution >= 4 is 17.2 Å². The molecule has 5 nitrogen and oxygen atoms in total. The summed E-state index contributed by atoms with van der Waals surface area (Å²) in [6.07, 6.45) is 2.82. The monoisotopic (exact) mass is 305 g/mol. The minimum Gasteiger partial charge on any atom is -0.444 e. The Labute approximate surface area is 127 Å². The van der Waals surface area contributed by atoms with Gasteiger partial charge in [-0.15, -0.1) is 11.3 Å². The normalized spacial score (nSPS) is 22.1. The van der Waals surface area contributed by atoms with Crippen molar-refractivity contribution < 1.29 is 9.21 Å². The Balaban J connectivity index is 1.57. The fraction of sp³-hybridized carbons (Fsp3) is 0.467. The van der Waals surface area contributed by atoms with Crippen LogP contribution in [0.2, 0.25) is 0 Å². The Hall–Kier alpha value is -1.66. The second kappa shape index (κ2) is 6.41. The molecule has 0 aromatic carbocycles. The van der Waals surface area contributed by atoms with Crippen LogP contribution in [-0.4, -0.2) is 30.0 Å². The van der Waals surface area contributed by atoms with Crippen molar-refractivity contribution in [3.05, 3.63) is 29.5 Å². The summed E-state index contributed by atoms with van der Waals surface area (Å²) in [5.74, 6) is 1.06. The zero-order chi connectivity index (χ0) is 14.7. The van der Waals surface area contributed by atoms with Crippen LogP contribution in [0, 0.1) is 5.92 Å². The van der Waals surface area contributed by atoms with E-state index >= 15 is 0 Å². The number of thiophene rings is 1. The molecule has 2 N–H and O–H groups in total. The molecule has 1 fully saturated rings. The van der Waals surface area contributed by atoms with E-state index in [9.17, 15) is 4.79 Å². The van der Waals surface area contributed by atoms with Crippen LogP contribution in [0.25, 0.3) is 10.8 Å². The number of carbonyl (C=O) groups excluding carboxylic acids is 1. The highest BCUT2D eigenvalue weighted by atomic mass is 32.1. The van der Waals surface area contributed by atoms with Crippen LogP contribution in [0.15, 0.2) is 28.2 Å². The van der Waals surface area contributed by atoms with Crippen molar-refractivity contribution in [2.24, 2.45) is 5.92 Å². The Morgan fingerprint density at radius 2 is 2.52 bits per heavy atom. The first kappa shape index (κ1) is 14.3. The van der Waals surface area contributed by atoms with Gasteiger partial charge in [0.05, 0.1) is 17.0 Å². The molecule has 1 aliphatic heterocycles. The Kier molecular flexibility index (Phi) is 4.36. The third-order valence-corrected chi connectivity index (χ3v) is 4.61. The molecule has 1 amide bonds. The van der Waals surface area contributed by atoms with Crippen LogP contribution in [0.1, 0.15) is 19.0 Å². The van der Waals surface area contributed by atoms with E-state index in [1.165, 1.54) is 0 Å². The fourth-order valence-corrected chi connectivity index (χ4v) is 3.21. The molecule has 1 saturated heterocycles. The highest BCUT2D eigenvalue weighted by molar-refractivity contribution is 7.13. The van der Waals surface area contributed by atoms with E-state index < -0.39 is 0 Å². The number of rotatable bonds is 4. The van der Waals surface area contributed by atoms with E-state index in [0.717, 1.165) is 24.4 Å². The average Bonchev–Trinajstić information content (AvgIpc) is 3.12. The number of amides is 1. The summed E-state index contributed by atoms with van der Waals surface area (Å²) >= 11 is 1.57. The summed E-state index contributed by atoms with van der Waals surface area (Å²) in [5.41, 5.74) is 0.678. The van der Waals surface area contributed by atoms with Gasteiger partial charge in [-0.05, 0) is 36.9 Å². The topological polar surface area (TPSA) is 67.2 Å². The van der Waals surface area contributed by atoms with Crippen molar-refractivity contribution in [2.45, 2.75) is 25.8 Å². The highest BCUT2D eigenvalue weighted by Crippen LogP contribution is 2.23. The number of piperidine rings is 1. The zero-order valence-corrected chi connectivity index (χ0v) is 12.8. The fourth-order valence-electron chi connectivity index (χ4n) is 2.55. The van der Waals surface area contributed by atoms with E-state index in [0.29, 0.717) is 17.5 Å². The van der Waals surface area contributed by atoms with E-state index in [1.807, 2.05) is 17.5 Å². The van der Waals surface area contributed by atoms with Gasteiger partial charge < -0.3 is 15.1 Å². The van der Waals surface area contributed by atoms with Crippen LogP contribution >= 0.6 is 11.3 Å². The largest absolute Gasteiger partial charge is 0.444 e. The molecule has 2 aromatic rings. The maximum atomic E-state index is 12.1. The second-order valence-electron chi connectivity index (χ2n) is 5.44. The van der Waals surface area contributed by atoms with E-state index in [-0.39, 0.29) is 18.4 Å². The molecule has 3 heterocycles. The molecule has 0 radical (unpaired) electrons. The number of nitrogens with zero attached hydrogens (tertiary/aromatic N) is 1. The molecule has 6 heteroatoms. The minimum atomic E-state index is 0.0137. The van der Waals surface area contributed by atoms with Gasteiger partial charge in [0.15, 0.2) is 0 Å². The van der Waals surface area contributed by atoms with Gasteiger partial charge in [0.25, 0.3) is 0 Å². The number of oxazole rings is 1. The predicted octanol–water partition coefficient (Wildman–Crippen LogP) is 2.06. The minimum absolute atomic E-state index is 0.0137. The maximum absolute atomic E-state index is 12.1. The maximum Gasteiger partial charge on any atom is 0.236 e. The molecule has 0 spiro atoms. The lowest BCUT2D eigenvalue weighted by Crippen LogP contribution is -2.48. The first-order valence-electron chi connectivity index (χ1n) is 7.21. The van der Waals surface area contributed by atoms with Gasteiger partial charge in [-0.2, -0.15) is 0 Å². The first-order chi connectivity index (χ1) is 10.2. The van der Waals surface area contributed by atoms with Crippen LogP contribution < -0.4 is 10.6 Å². The SMILES string of the molecule is CC1CNCCC1NC(=O)Cc1coc(-c2cccs2)n1. The van der Waals surface area contributed by atoms with Crippen LogP contribution in [0.4, 0.5) is 0 Å². The summed E-state index contributed by atoms with van der Waals surface area (Å²) < 4.78 is 5.43. The van der Waals surface area contributed by atoms with Crippen molar-refractivity contribution in [2.75, 3.05) is 13.1 Å². The molecule has 0 saturated carbocycles. The molecular formula is C15H19N3O2S. The van der Waals surface area contributed by atoms with Crippen LogP contribution in [0.3, 0.4) is 0 Å². The van der Waals surface area contributed by atoms with Crippen molar-refractivity contribution in [1.29, 1.82) is 0 Å². The van der Waals surface area contributed by atoms with Crippen molar-refractivity contribution in [3.8, 4) is 10.8 Å². The summed E-state index contributed by atoms with van der Waals surface area (Å²) in [6.45, 7) is 4.07. The highest BCUT2D eigenvalue weighted by Gasteiger charge is 2.23. The first-order valence-corrected chi connectivity index (χ1v) is 8.08. The Bertz CT molecular complexity index is 594. The number of aromatic nitrogens is 1. The van der Waals surface area contributed by atoms with E-state index in [1.54, 1.807) is 17.6 Å². The third-order valence-electron chi connectivity index (χ3n) is 3.76.